The summed E-state index contributed by atoms with van der Waals surface area (Å²) in [7, 11) is 1.89. The number of nitrogens with one attached hydrogen (secondary N) is 1. The Balaban J connectivity index is 1.23. The molecule has 1 saturated heterocycles. The Morgan fingerprint density at radius 1 is 1.11 bits per heavy atom. The molecule has 0 radical (unpaired) electrons. The third kappa shape index (κ3) is 3.88. The van der Waals surface area contributed by atoms with Crippen molar-refractivity contribution in [1.82, 2.24) is 29.7 Å². The van der Waals surface area contributed by atoms with Gasteiger partial charge in [-0.05, 0) is 24.1 Å². The molecular formula is C27H28N8O. The lowest BCUT2D eigenvalue weighted by molar-refractivity contribution is -0.122. The first-order valence-electron chi connectivity index (χ1n) is 12.3. The van der Waals surface area contributed by atoms with E-state index in [9.17, 15) is 10.1 Å². The van der Waals surface area contributed by atoms with Crippen LogP contribution in [0.5, 0.6) is 0 Å². The monoisotopic (exact) mass is 480 g/mol. The maximum atomic E-state index is 12.1. The Morgan fingerprint density at radius 2 is 1.92 bits per heavy atom. The standard InChI is InChI=1S/C27H28N8O/c1-16(2)6-25(36)32-26-22-14-34(15-23(22)26)24-5-4-17(9-29-24)21-7-18(20-11-30-33(3)12-20)13-35-27(21)19(8-28)10-31-35/h4-5,7,9-13,16,22-23,26H,6,14-15H2,1-3H3,(H,32,36)/t22-,23+,26+. The molecule has 1 aliphatic heterocycles. The highest BCUT2D eigenvalue weighted by atomic mass is 16.1. The van der Waals surface area contributed by atoms with E-state index in [2.05, 4.69) is 52.5 Å². The first-order chi connectivity index (χ1) is 17.4. The number of rotatable bonds is 6. The number of carbonyl (C=O) groups excluding carboxylic acids is 1. The minimum Gasteiger partial charge on any atom is -0.356 e. The summed E-state index contributed by atoms with van der Waals surface area (Å²) in [6, 6.07) is 8.74. The maximum absolute atomic E-state index is 12.1. The zero-order chi connectivity index (χ0) is 25.0. The van der Waals surface area contributed by atoms with E-state index >= 15 is 0 Å². The van der Waals surface area contributed by atoms with Crippen LogP contribution in [0, 0.1) is 29.1 Å². The second kappa shape index (κ2) is 8.48. The highest BCUT2D eigenvalue weighted by Gasteiger charge is 2.56. The third-order valence-corrected chi connectivity index (χ3v) is 7.27. The molecule has 0 spiro atoms. The van der Waals surface area contributed by atoms with Crippen molar-refractivity contribution in [2.45, 2.75) is 26.3 Å². The van der Waals surface area contributed by atoms with Crippen LogP contribution < -0.4 is 10.2 Å². The fraction of sp³-hybridized carbons (Fsp3) is 0.370. The van der Waals surface area contributed by atoms with E-state index in [1.165, 1.54) is 0 Å². The SMILES string of the molecule is CC(C)CC(=O)N[C@H]1[C@@H]2CN(c3ccc(-c4cc(-c5cnn(C)c5)cn5ncc(C#N)c45)cn3)C[C@@H]21. The second-order valence-corrected chi connectivity index (χ2v) is 10.3. The summed E-state index contributed by atoms with van der Waals surface area (Å²) in [5.74, 6) is 2.48. The lowest BCUT2D eigenvalue weighted by Crippen LogP contribution is -2.35. The predicted octanol–water partition coefficient (Wildman–Crippen LogP) is 3.27. The van der Waals surface area contributed by atoms with Crippen molar-refractivity contribution in [2.24, 2.45) is 24.8 Å². The van der Waals surface area contributed by atoms with Gasteiger partial charge in [0.15, 0.2) is 0 Å². The molecule has 5 heterocycles. The van der Waals surface area contributed by atoms with Gasteiger partial charge in [-0.15, -0.1) is 0 Å². The number of anilines is 1. The van der Waals surface area contributed by atoms with Crippen molar-refractivity contribution < 1.29 is 4.79 Å². The van der Waals surface area contributed by atoms with Gasteiger partial charge in [-0.1, -0.05) is 13.8 Å². The van der Waals surface area contributed by atoms with E-state index in [0.717, 1.165) is 46.7 Å². The average Bonchev–Trinajstić information content (AvgIpc) is 3.32. The van der Waals surface area contributed by atoms with Gasteiger partial charge in [-0.25, -0.2) is 9.50 Å². The molecule has 182 valence electrons. The minimum atomic E-state index is 0.162. The number of nitrogens with zero attached hydrogens (tertiary/aromatic N) is 7. The van der Waals surface area contributed by atoms with Crippen LogP contribution in [0.25, 0.3) is 27.8 Å². The molecule has 0 bridgehead atoms. The molecule has 4 aromatic heterocycles. The summed E-state index contributed by atoms with van der Waals surface area (Å²) in [4.78, 5) is 19.2. The van der Waals surface area contributed by atoms with E-state index in [1.54, 1.807) is 15.4 Å². The number of piperidine rings is 1. The molecule has 2 fully saturated rings. The number of hydrogen-bond acceptors (Lipinski definition) is 6. The van der Waals surface area contributed by atoms with Gasteiger partial charge in [-0.3, -0.25) is 9.48 Å². The molecule has 1 amide bonds. The van der Waals surface area contributed by atoms with Gasteiger partial charge < -0.3 is 10.2 Å². The summed E-state index contributed by atoms with van der Waals surface area (Å²) in [5, 5.41) is 21.6. The molecule has 4 aromatic rings. The molecule has 1 aliphatic carbocycles. The van der Waals surface area contributed by atoms with Gasteiger partial charge in [0.05, 0.1) is 23.5 Å². The molecule has 36 heavy (non-hydrogen) atoms. The smallest absolute Gasteiger partial charge is 0.220 e. The highest BCUT2D eigenvalue weighted by Crippen LogP contribution is 2.46. The van der Waals surface area contributed by atoms with E-state index < -0.39 is 0 Å². The average molecular weight is 481 g/mol. The molecule has 6 rings (SSSR count). The lowest BCUT2D eigenvalue weighted by atomic mass is 10.0. The van der Waals surface area contributed by atoms with Crippen LogP contribution in [0.3, 0.4) is 0 Å². The van der Waals surface area contributed by atoms with Crippen molar-refractivity contribution in [3.05, 3.63) is 54.7 Å². The molecule has 0 unspecified atom stereocenters. The Bertz CT molecular complexity index is 1480. The van der Waals surface area contributed by atoms with Crippen LogP contribution in [0.4, 0.5) is 5.82 Å². The van der Waals surface area contributed by atoms with Crippen molar-refractivity contribution in [3.8, 4) is 28.3 Å². The normalized spacial score (nSPS) is 20.5. The Labute approximate surface area is 209 Å². The quantitative estimate of drug-likeness (QED) is 0.454. The third-order valence-electron chi connectivity index (χ3n) is 7.27. The van der Waals surface area contributed by atoms with Gasteiger partial charge in [0.25, 0.3) is 0 Å². The Kier molecular flexibility index (Phi) is 5.25. The summed E-state index contributed by atoms with van der Waals surface area (Å²) in [6.45, 7) is 5.95. The fourth-order valence-electron chi connectivity index (χ4n) is 5.43. The van der Waals surface area contributed by atoms with Gasteiger partial charge in [0.2, 0.25) is 5.91 Å². The molecular weight excluding hydrogens is 452 g/mol. The van der Waals surface area contributed by atoms with Crippen LogP contribution in [0.15, 0.2) is 49.2 Å². The maximum Gasteiger partial charge on any atom is 0.220 e. The summed E-state index contributed by atoms with van der Waals surface area (Å²) in [5.41, 5.74) is 5.06. The van der Waals surface area contributed by atoms with Crippen molar-refractivity contribution in [2.75, 3.05) is 18.0 Å². The van der Waals surface area contributed by atoms with Gasteiger partial charge in [0, 0.05) is 85.3 Å². The van der Waals surface area contributed by atoms with Crippen LogP contribution in [-0.4, -0.2) is 49.4 Å². The van der Waals surface area contributed by atoms with Crippen LogP contribution in [-0.2, 0) is 11.8 Å². The Morgan fingerprint density at radius 3 is 2.56 bits per heavy atom. The molecule has 3 atom stereocenters. The fourth-order valence-corrected chi connectivity index (χ4v) is 5.43. The van der Waals surface area contributed by atoms with Gasteiger partial charge in [-0.2, -0.15) is 15.5 Å². The number of nitriles is 1. The van der Waals surface area contributed by atoms with E-state index in [1.807, 2.05) is 37.9 Å². The van der Waals surface area contributed by atoms with Crippen molar-refractivity contribution >= 4 is 17.2 Å². The van der Waals surface area contributed by atoms with E-state index in [4.69, 9.17) is 4.98 Å². The largest absolute Gasteiger partial charge is 0.356 e. The lowest BCUT2D eigenvalue weighted by Gasteiger charge is -2.21. The number of pyridine rings is 2. The van der Waals surface area contributed by atoms with Crippen molar-refractivity contribution in [3.63, 3.8) is 0 Å². The van der Waals surface area contributed by atoms with Gasteiger partial charge >= 0.3 is 0 Å². The number of aromatic nitrogens is 5. The summed E-state index contributed by atoms with van der Waals surface area (Å²) in [6.07, 6.45) is 9.75. The number of hydrogen-bond donors (Lipinski definition) is 1. The number of aryl methyl sites for hydroxylation is 1. The summed E-state index contributed by atoms with van der Waals surface area (Å²) < 4.78 is 3.52. The van der Waals surface area contributed by atoms with Crippen molar-refractivity contribution in [1.29, 1.82) is 5.26 Å². The number of amides is 1. The van der Waals surface area contributed by atoms with Crippen LogP contribution >= 0.6 is 0 Å². The predicted molar refractivity (Wildman–Crippen MR) is 136 cm³/mol. The topological polar surface area (TPSA) is 104 Å². The number of fused-ring (bicyclic) bond motifs is 2. The molecule has 1 saturated carbocycles. The molecule has 9 heteroatoms. The van der Waals surface area contributed by atoms with Crippen LogP contribution in [0.2, 0.25) is 0 Å². The number of carbonyl (C=O) groups is 1. The minimum absolute atomic E-state index is 0.162. The first-order valence-corrected chi connectivity index (χ1v) is 12.3. The highest BCUT2D eigenvalue weighted by molar-refractivity contribution is 5.87. The second-order valence-electron chi connectivity index (χ2n) is 10.3. The van der Waals surface area contributed by atoms with Crippen LogP contribution in [0.1, 0.15) is 25.8 Å². The zero-order valence-electron chi connectivity index (χ0n) is 20.6. The van der Waals surface area contributed by atoms with E-state index in [-0.39, 0.29) is 5.91 Å². The molecule has 2 aliphatic rings. The van der Waals surface area contributed by atoms with Gasteiger partial charge in [0.1, 0.15) is 11.9 Å². The first kappa shape index (κ1) is 22.3. The zero-order valence-corrected chi connectivity index (χ0v) is 20.6. The molecule has 1 N–H and O–H groups in total. The Hall–Kier alpha value is -4.19. The molecule has 9 nitrogen and oxygen atoms in total. The summed E-state index contributed by atoms with van der Waals surface area (Å²) >= 11 is 0. The molecule has 0 aromatic carbocycles. The van der Waals surface area contributed by atoms with E-state index in [0.29, 0.717) is 35.8 Å².